The molecule has 0 aliphatic carbocycles. The quantitative estimate of drug-likeness (QED) is 0.827. The monoisotopic (exact) mass is 346 g/mol. The molecule has 1 aliphatic heterocycles. The maximum atomic E-state index is 12.4. The predicted octanol–water partition coefficient (Wildman–Crippen LogP) is 0.872. The van der Waals surface area contributed by atoms with E-state index in [1.165, 1.54) is 0 Å². The molecule has 1 fully saturated rings. The molecule has 3 rings (SSSR count). The summed E-state index contributed by atoms with van der Waals surface area (Å²) in [6, 6.07) is 4.84. The van der Waals surface area contributed by atoms with E-state index in [1.807, 2.05) is 11.8 Å². The van der Waals surface area contributed by atoms with Crippen LogP contribution < -0.4 is 5.32 Å². The third-order valence-corrected chi connectivity index (χ3v) is 4.23. The molecule has 1 aliphatic rings. The average Bonchev–Trinajstić information content (AvgIpc) is 3.19. The Balaban J connectivity index is 1.62. The molecule has 0 unspecified atom stereocenters. The number of aliphatic hydroxyl groups is 1. The summed E-state index contributed by atoms with van der Waals surface area (Å²) in [6.45, 7) is 5.55. The van der Waals surface area contributed by atoms with Crippen LogP contribution in [-0.4, -0.2) is 67.9 Å². The number of amides is 2. The Morgan fingerprint density at radius 3 is 2.92 bits per heavy atom. The summed E-state index contributed by atoms with van der Waals surface area (Å²) < 4.78 is 5.42. The van der Waals surface area contributed by atoms with Crippen molar-refractivity contribution in [1.29, 1.82) is 0 Å². The van der Waals surface area contributed by atoms with Crippen LogP contribution in [0.4, 0.5) is 10.6 Å². The van der Waals surface area contributed by atoms with E-state index < -0.39 is 6.10 Å². The van der Waals surface area contributed by atoms with E-state index in [0.717, 1.165) is 0 Å². The molecule has 0 bridgehead atoms. The lowest BCUT2D eigenvalue weighted by molar-refractivity contribution is 0.0760. The van der Waals surface area contributed by atoms with Gasteiger partial charge in [-0.2, -0.15) is 0 Å². The molecule has 2 amide bonds. The molecule has 2 atom stereocenters. The van der Waals surface area contributed by atoms with E-state index in [-0.39, 0.29) is 18.6 Å². The number of aryl methyl sites for hydroxylation is 1. The Kier molecular flexibility index (Phi) is 5.25. The molecule has 0 saturated carbocycles. The van der Waals surface area contributed by atoms with E-state index in [1.54, 1.807) is 36.2 Å². The van der Waals surface area contributed by atoms with Crippen LogP contribution in [0.5, 0.6) is 0 Å². The first-order valence-electron chi connectivity index (χ1n) is 8.25. The van der Waals surface area contributed by atoms with E-state index in [9.17, 15) is 9.90 Å². The topological polar surface area (TPSA) is 108 Å². The zero-order chi connectivity index (χ0) is 17.8. The number of carbonyl (C=O) groups is 1. The molecule has 2 aromatic rings. The number of urea groups is 1. The first kappa shape index (κ1) is 17.3. The summed E-state index contributed by atoms with van der Waals surface area (Å²) in [5.74, 6) is 1.50. The van der Waals surface area contributed by atoms with Crippen molar-refractivity contribution < 1.29 is 14.3 Å². The summed E-state index contributed by atoms with van der Waals surface area (Å²) in [5.41, 5.74) is 0. The van der Waals surface area contributed by atoms with Crippen molar-refractivity contribution in [2.45, 2.75) is 32.5 Å². The molecular formula is C16H22N6O3. The molecule has 9 heteroatoms. The third kappa shape index (κ3) is 4.12. The first-order valence-corrected chi connectivity index (χ1v) is 8.25. The minimum Gasteiger partial charge on any atom is -0.424 e. The maximum Gasteiger partial charge on any atom is 0.323 e. The second-order valence-electron chi connectivity index (χ2n) is 5.96. The number of aliphatic hydroxyl groups excluding tert-OH is 1. The van der Waals surface area contributed by atoms with Gasteiger partial charge in [0.05, 0.1) is 25.2 Å². The molecule has 3 heterocycles. The number of rotatable bonds is 5. The van der Waals surface area contributed by atoms with Gasteiger partial charge in [0.15, 0.2) is 0 Å². The standard InChI is InChI=1S/C16H22N6O3/c1-3-21(10-15-20-19-11(2)25-15)12-8-22(9-13(12)23)16(24)18-14-6-4-5-7-17-14/h4-7,12-13,23H,3,8-10H2,1-2H3,(H,17,18,24)/t12-,13+/m0/s1. The van der Waals surface area contributed by atoms with Crippen LogP contribution in [0.15, 0.2) is 28.8 Å². The zero-order valence-corrected chi connectivity index (χ0v) is 14.3. The van der Waals surface area contributed by atoms with Gasteiger partial charge in [-0.3, -0.25) is 10.2 Å². The Labute approximate surface area is 145 Å². The summed E-state index contributed by atoms with van der Waals surface area (Å²) in [6.07, 6.45) is 0.973. The van der Waals surface area contributed by atoms with Crippen molar-refractivity contribution >= 4 is 11.8 Å². The number of anilines is 1. The number of pyridine rings is 1. The van der Waals surface area contributed by atoms with Gasteiger partial charge in [0.25, 0.3) is 0 Å². The van der Waals surface area contributed by atoms with Gasteiger partial charge in [0, 0.05) is 19.7 Å². The second kappa shape index (κ2) is 7.58. The Morgan fingerprint density at radius 1 is 1.44 bits per heavy atom. The summed E-state index contributed by atoms with van der Waals surface area (Å²) >= 11 is 0. The van der Waals surface area contributed by atoms with Crippen LogP contribution >= 0.6 is 0 Å². The van der Waals surface area contributed by atoms with Gasteiger partial charge in [-0.15, -0.1) is 10.2 Å². The zero-order valence-electron chi connectivity index (χ0n) is 14.3. The SMILES string of the molecule is CCN(Cc1nnc(C)o1)[C@H]1CN(C(=O)Nc2ccccn2)C[C@H]1O. The lowest BCUT2D eigenvalue weighted by Gasteiger charge is -2.27. The Bertz CT molecular complexity index is 707. The van der Waals surface area contributed by atoms with Gasteiger partial charge < -0.3 is 14.4 Å². The molecule has 134 valence electrons. The van der Waals surface area contributed by atoms with Gasteiger partial charge >= 0.3 is 6.03 Å². The second-order valence-corrected chi connectivity index (χ2v) is 5.96. The van der Waals surface area contributed by atoms with Crippen molar-refractivity contribution in [1.82, 2.24) is 25.0 Å². The average molecular weight is 346 g/mol. The Morgan fingerprint density at radius 2 is 2.28 bits per heavy atom. The van der Waals surface area contributed by atoms with Gasteiger partial charge in [0.2, 0.25) is 11.8 Å². The van der Waals surface area contributed by atoms with E-state index >= 15 is 0 Å². The minimum absolute atomic E-state index is 0.188. The van der Waals surface area contributed by atoms with Gasteiger partial charge in [-0.05, 0) is 18.7 Å². The van der Waals surface area contributed by atoms with E-state index in [0.29, 0.717) is 37.2 Å². The largest absolute Gasteiger partial charge is 0.424 e. The van der Waals surface area contributed by atoms with Crippen molar-refractivity contribution in [3.8, 4) is 0 Å². The maximum absolute atomic E-state index is 12.4. The molecule has 1 saturated heterocycles. The lowest BCUT2D eigenvalue weighted by Crippen LogP contribution is -2.43. The summed E-state index contributed by atoms with van der Waals surface area (Å²) in [7, 11) is 0. The highest BCUT2D eigenvalue weighted by atomic mass is 16.4. The number of nitrogens with one attached hydrogen (secondary N) is 1. The molecule has 2 aromatic heterocycles. The fourth-order valence-electron chi connectivity index (χ4n) is 2.96. The Hall–Kier alpha value is -2.52. The minimum atomic E-state index is -0.640. The molecule has 2 N–H and O–H groups in total. The van der Waals surface area contributed by atoms with E-state index in [4.69, 9.17) is 4.42 Å². The summed E-state index contributed by atoms with van der Waals surface area (Å²) in [5, 5.41) is 21.0. The highest BCUT2D eigenvalue weighted by Crippen LogP contribution is 2.19. The number of likely N-dealkylation sites (N-methyl/N-ethyl adjacent to an activating group) is 1. The number of hydrogen-bond acceptors (Lipinski definition) is 7. The molecular weight excluding hydrogens is 324 g/mol. The predicted molar refractivity (Wildman–Crippen MR) is 89.7 cm³/mol. The number of β-amino-alcohol motifs (C(OH)–C–C–N with tert-alkyl or cyclic N) is 1. The number of carbonyl (C=O) groups excluding carboxylic acids is 1. The number of hydrogen-bond donors (Lipinski definition) is 2. The number of aromatic nitrogens is 3. The van der Waals surface area contributed by atoms with Gasteiger partial charge in [-0.25, -0.2) is 9.78 Å². The van der Waals surface area contributed by atoms with Crippen LogP contribution in [0.3, 0.4) is 0 Å². The summed E-state index contributed by atoms with van der Waals surface area (Å²) in [4.78, 5) is 20.1. The lowest BCUT2D eigenvalue weighted by atomic mass is 10.2. The molecule has 25 heavy (non-hydrogen) atoms. The van der Waals surface area contributed by atoms with Crippen LogP contribution in [0.1, 0.15) is 18.7 Å². The normalized spacial score (nSPS) is 20.2. The van der Waals surface area contributed by atoms with Crippen molar-refractivity contribution in [3.05, 3.63) is 36.2 Å². The van der Waals surface area contributed by atoms with Crippen molar-refractivity contribution in [2.24, 2.45) is 0 Å². The highest BCUT2D eigenvalue weighted by molar-refractivity contribution is 5.88. The van der Waals surface area contributed by atoms with Crippen LogP contribution in [0.25, 0.3) is 0 Å². The number of nitrogens with zero attached hydrogens (tertiary/aromatic N) is 5. The van der Waals surface area contributed by atoms with Gasteiger partial charge in [0.1, 0.15) is 5.82 Å². The van der Waals surface area contributed by atoms with Gasteiger partial charge in [-0.1, -0.05) is 13.0 Å². The molecule has 0 radical (unpaired) electrons. The molecule has 0 spiro atoms. The molecule has 0 aromatic carbocycles. The van der Waals surface area contributed by atoms with Crippen molar-refractivity contribution in [2.75, 3.05) is 25.0 Å². The smallest absolute Gasteiger partial charge is 0.323 e. The van der Waals surface area contributed by atoms with E-state index in [2.05, 4.69) is 20.5 Å². The van der Waals surface area contributed by atoms with Crippen LogP contribution in [-0.2, 0) is 6.54 Å². The molecule has 9 nitrogen and oxygen atoms in total. The van der Waals surface area contributed by atoms with Crippen LogP contribution in [0.2, 0.25) is 0 Å². The van der Waals surface area contributed by atoms with Crippen LogP contribution in [0, 0.1) is 6.92 Å². The number of likely N-dealkylation sites (tertiary alicyclic amines) is 1. The van der Waals surface area contributed by atoms with Crippen molar-refractivity contribution in [3.63, 3.8) is 0 Å². The highest BCUT2D eigenvalue weighted by Gasteiger charge is 2.37. The fraction of sp³-hybridized carbons (Fsp3) is 0.500. The first-order chi connectivity index (χ1) is 12.1. The fourth-order valence-corrected chi connectivity index (χ4v) is 2.96. The third-order valence-electron chi connectivity index (χ3n) is 4.23.